The lowest BCUT2D eigenvalue weighted by Gasteiger charge is -2.14. The molecule has 0 radical (unpaired) electrons. The second kappa shape index (κ2) is 6.16. The maximum atomic E-state index is 4.52. The lowest BCUT2D eigenvalue weighted by molar-refractivity contribution is 0.551. The van der Waals surface area contributed by atoms with Gasteiger partial charge in [0, 0.05) is 34.0 Å². The number of thiazole rings is 1. The monoisotopic (exact) mass is 294 g/mol. The summed E-state index contributed by atoms with van der Waals surface area (Å²) in [6, 6.07) is 4.82. The van der Waals surface area contributed by atoms with Crippen molar-refractivity contribution in [1.29, 1.82) is 0 Å². The van der Waals surface area contributed by atoms with Gasteiger partial charge in [0.2, 0.25) is 0 Å². The molecule has 2 heterocycles. The topological polar surface area (TPSA) is 24.9 Å². The zero-order valence-electron chi connectivity index (χ0n) is 12.1. The molecule has 2 aromatic rings. The van der Waals surface area contributed by atoms with Crippen LogP contribution in [0.3, 0.4) is 0 Å². The molecular weight excluding hydrogens is 272 g/mol. The Balaban J connectivity index is 1.83. The molecule has 0 amide bonds. The molecule has 0 aliphatic heterocycles. The largest absolute Gasteiger partial charge is 0.309 e. The van der Waals surface area contributed by atoms with Crippen LogP contribution in [0.1, 0.15) is 42.5 Å². The molecule has 0 saturated heterocycles. The van der Waals surface area contributed by atoms with Crippen molar-refractivity contribution in [3.05, 3.63) is 38.5 Å². The van der Waals surface area contributed by atoms with Gasteiger partial charge in [0.25, 0.3) is 0 Å². The van der Waals surface area contributed by atoms with Gasteiger partial charge in [0.15, 0.2) is 0 Å². The highest BCUT2D eigenvalue weighted by atomic mass is 32.1. The minimum atomic E-state index is 0.158. The van der Waals surface area contributed by atoms with E-state index >= 15 is 0 Å². The smallest absolute Gasteiger partial charge is 0.0981 e. The summed E-state index contributed by atoms with van der Waals surface area (Å²) in [6.07, 6.45) is 3.11. The van der Waals surface area contributed by atoms with Crippen LogP contribution in [0.15, 0.2) is 23.7 Å². The van der Waals surface area contributed by atoms with Gasteiger partial charge in [-0.1, -0.05) is 26.8 Å². The van der Waals surface area contributed by atoms with Crippen LogP contribution in [-0.4, -0.2) is 11.0 Å². The van der Waals surface area contributed by atoms with E-state index in [2.05, 4.69) is 55.5 Å². The molecule has 4 heteroatoms. The van der Waals surface area contributed by atoms with Gasteiger partial charge >= 0.3 is 0 Å². The second-order valence-corrected chi connectivity index (χ2v) is 8.09. The van der Waals surface area contributed by atoms with Crippen molar-refractivity contribution in [1.82, 2.24) is 10.3 Å². The van der Waals surface area contributed by atoms with E-state index in [9.17, 15) is 0 Å². The Morgan fingerprint density at radius 3 is 2.68 bits per heavy atom. The molecule has 104 valence electrons. The quantitative estimate of drug-likeness (QED) is 0.893. The molecule has 0 fully saturated rings. The van der Waals surface area contributed by atoms with E-state index in [0.29, 0.717) is 6.04 Å². The maximum absolute atomic E-state index is 4.52. The van der Waals surface area contributed by atoms with Gasteiger partial charge in [-0.15, -0.1) is 22.7 Å². The SMILES string of the molecule is CC(Cc1cccs1)NCc1cnc(C(C)(C)C)s1. The molecule has 0 aromatic carbocycles. The molecule has 0 bridgehead atoms. The first kappa shape index (κ1) is 14.7. The maximum Gasteiger partial charge on any atom is 0.0981 e. The molecule has 19 heavy (non-hydrogen) atoms. The first-order valence-electron chi connectivity index (χ1n) is 6.66. The summed E-state index contributed by atoms with van der Waals surface area (Å²) < 4.78 is 0. The van der Waals surface area contributed by atoms with Crippen molar-refractivity contribution in [3.63, 3.8) is 0 Å². The van der Waals surface area contributed by atoms with Gasteiger partial charge in [-0.2, -0.15) is 0 Å². The van der Waals surface area contributed by atoms with Crippen LogP contribution in [0, 0.1) is 0 Å². The minimum Gasteiger partial charge on any atom is -0.309 e. The Hall–Kier alpha value is -0.710. The van der Waals surface area contributed by atoms with Crippen LogP contribution in [-0.2, 0) is 18.4 Å². The molecular formula is C15H22N2S2. The Bertz CT molecular complexity index is 494. The van der Waals surface area contributed by atoms with Gasteiger partial charge < -0.3 is 5.32 Å². The van der Waals surface area contributed by atoms with Crippen LogP contribution in [0.25, 0.3) is 0 Å². The third kappa shape index (κ3) is 4.41. The van der Waals surface area contributed by atoms with E-state index in [1.165, 1.54) is 14.8 Å². The molecule has 0 aliphatic rings. The van der Waals surface area contributed by atoms with Crippen molar-refractivity contribution >= 4 is 22.7 Å². The number of nitrogens with one attached hydrogen (secondary N) is 1. The highest BCUT2D eigenvalue weighted by molar-refractivity contribution is 7.11. The standard InChI is InChI=1S/C15H22N2S2/c1-11(8-12-6-5-7-18-12)16-9-13-10-17-14(19-13)15(2,3)4/h5-7,10-11,16H,8-9H2,1-4H3. The van der Waals surface area contributed by atoms with Crippen molar-refractivity contribution in [3.8, 4) is 0 Å². The first-order chi connectivity index (χ1) is 8.95. The number of nitrogens with zero attached hydrogens (tertiary/aromatic N) is 1. The third-order valence-electron chi connectivity index (χ3n) is 2.91. The van der Waals surface area contributed by atoms with Gasteiger partial charge in [-0.3, -0.25) is 0 Å². The number of thiophene rings is 1. The van der Waals surface area contributed by atoms with E-state index in [4.69, 9.17) is 0 Å². The van der Waals surface area contributed by atoms with Crippen LogP contribution < -0.4 is 5.32 Å². The Kier molecular flexibility index (Phi) is 4.76. The molecule has 2 rings (SSSR count). The summed E-state index contributed by atoms with van der Waals surface area (Å²) >= 11 is 3.65. The van der Waals surface area contributed by atoms with Gasteiger partial charge in [-0.25, -0.2) is 4.98 Å². The zero-order valence-corrected chi connectivity index (χ0v) is 13.7. The van der Waals surface area contributed by atoms with Crippen LogP contribution in [0.2, 0.25) is 0 Å². The van der Waals surface area contributed by atoms with Crippen LogP contribution in [0.4, 0.5) is 0 Å². The molecule has 2 aromatic heterocycles. The van der Waals surface area contributed by atoms with E-state index in [1.54, 1.807) is 0 Å². The third-order valence-corrected chi connectivity index (χ3v) is 5.23. The lowest BCUT2D eigenvalue weighted by Crippen LogP contribution is -2.26. The fourth-order valence-electron chi connectivity index (χ4n) is 1.81. The van der Waals surface area contributed by atoms with E-state index in [-0.39, 0.29) is 5.41 Å². The summed E-state index contributed by atoms with van der Waals surface area (Å²) in [6.45, 7) is 9.79. The predicted octanol–water partition coefficient (Wildman–Crippen LogP) is 4.22. The Labute approximate surface area is 123 Å². The molecule has 0 saturated carbocycles. The van der Waals surface area contributed by atoms with Gasteiger partial charge in [-0.05, 0) is 24.8 Å². The Morgan fingerprint density at radius 2 is 2.11 bits per heavy atom. The van der Waals surface area contributed by atoms with E-state index in [0.717, 1.165) is 13.0 Å². The van der Waals surface area contributed by atoms with Crippen molar-refractivity contribution in [2.45, 2.75) is 52.1 Å². The average molecular weight is 294 g/mol. The predicted molar refractivity (Wildman–Crippen MR) is 85.1 cm³/mol. The highest BCUT2D eigenvalue weighted by Crippen LogP contribution is 2.26. The Morgan fingerprint density at radius 1 is 1.32 bits per heavy atom. The molecule has 2 nitrogen and oxygen atoms in total. The van der Waals surface area contributed by atoms with Crippen molar-refractivity contribution < 1.29 is 0 Å². The van der Waals surface area contributed by atoms with Gasteiger partial charge in [0.05, 0.1) is 5.01 Å². The number of hydrogen-bond acceptors (Lipinski definition) is 4. The van der Waals surface area contributed by atoms with Gasteiger partial charge in [0.1, 0.15) is 0 Å². The summed E-state index contributed by atoms with van der Waals surface area (Å²) in [7, 11) is 0. The number of rotatable bonds is 5. The average Bonchev–Trinajstić information content (AvgIpc) is 2.95. The minimum absolute atomic E-state index is 0.158. The zero-order chi connectivity index (χ0) is 13.9. The summed E-state index contributed by atoms with van der Waals surface area (Å²) in [5.41, 5.74) is 0.158. The molecule has 1 unspecified atom stereocenters. The number of aromatic nitrogens is 1. The van der Waals surface area contributed by atoms with Crippen molar-refractivity contribution in [2.24, 2.45) is 0 Å². The fourth-order valence-corrected chi connectivity index (χ4v) is 3.57. The molecule has 1 N–H and O–H groups in total. The van der Waals surface area contributed by atoms with E-state index in [1.807, 2.05) is 28.9 Å². The normalized spacial score (nSPS) is 13.7. The lowest BCUT2D eigenvalue weighted by atomic mass is 9.98. The summed E-state index contributed by atoms with van der Waals surface area (Å²) in [5, 5.41) is 6.94. The van der Waals surface area contributed by atoms with Crippen LogP contribution in [0.5, 0.6) is 0 Å². The van der Waals surface area contributed by atoms with Crippen LogP contribution >= 0.6 is 22.7 Å². The molecule has 0 spiro atoms. The molecule has 1 atom stereocenters. The second-order valence-electron chi connectivity index (χ2n) is 5.95. The summed E-state index contributed by atoms with van der Waals surface area (Å²) in [4.78, 5) is 7.29. The fraction of sp³-hybridized carbons (Fsp3) is 0.533. The highest BCUT2D eigenvalue weighted by Gasteiger charge is 2.18. The molecule has 0 aliphatic carbocycles. The van der Waals surface area contributed by atoms with Crippen molar-refractivity contribution in [2.75, 3.05) is 0 Å². The number of hydrogen-bond donors (Lipinski definition) is 1. The summed E-state index contributed by atoms with van der Waals surface area (Å²) in [5.74, 6) is 0. The first-order valence-corrected chi connectivity index (χ1v) is 8.35. The van der Waals surface area contributed by atoms with E-state index < -0.39 is 0 Å².